The molecule has 0 amide bonds. The number of alkyl halides is 3. The number of hydrogen-bond donors (Lipinski definition) is 2. The van der Waals surface area contributed by atoms with Gasteiger partial charge in [0.15, 0.2) is 5.03 Å². The highest BCUT2D eigenvalue weighted by molar-refractivity contribution is 7.89. The molecule has 0 bridgehead atoms. The second-order valence-corrected chi connectivity index (χ2v) is 10.7. The third-order valence-corrected chi connectivity index (χ3v) is 6.95. The number of nitrogens with one attached hydrogen (secondary N) is 1. The van der Waals surface area contributed by atoms with Crippen LogP contribution in [0.1, 0.15) is 26.3 Å². The van der Waals surface area contributed by atoms with E-state index in [-0.39, 0.29) is 17.5 Å². The predicted molar refractivity (Wildman–Crippen MR) is 121 cm³/mol. The molecule has 0 radical (unpaired) electrons. The Kier molecular flexibility index (Phi) is 7.49. The maximum absolute atomic E-state index is 12.8. The summed E-state index contributed by atoms with van der Waals surface area (Å²) in [5, 5.41) is 14.4. The molecule has 2 heterocycles. The number of aliphatic hydroxyl groups is 1. The quantitative estimate of drug-likeness (QED) is 0.492. The van der Waals surface area contributed by atoms with Crippen LogP contribution >= 0.6 is 0 Å². The van der Waals surface area contributed by atoms with E-state index in [0.717, 1.165) is 12.1 Å². The van der Waals surface area contributed by atoms with Gasteiger partial charge in [-0.05, 0) is 35.7 Å². The summed E-state index contributed by atoms with van der Waals surface area (Å²) in [4.78, 5) is 3.88. The summed E-state index contributed by atoms with van der Waals surface area (Å²) in [6.45, 7) is 5.60. The fourth-order valence-electron chi connectivity index (χ4n) is 3.67. The van der Waals surface area contributed by atoms with Crippen molar-refractivity contribution in [3.05, 3.63) is 66.5 Å². The lowest BCUT2D eigenvalue weighted by molar-refractivity contribution is -0.137. The summed E-state index contributed by atoms with van der Waals surface area (Å²) in [5.41, 5.74) is -0.167. The molecule has 11 heteroatoms. The molecule has 0 saturated carbocycles. The highest BCUT2D eigenvalue weighted by Crippen LogP contribution is 2.32. The third-order valence-electron chi connectivity index (χ3n) is 5.55. The van der Waals surface area contributed by atoms with Crippen LogP contribution in [0.2, 0.25) is 0 Å². The van der Waals surface area contributed by atoms with E-state index >= 15 is 0 Å². The smallest absolute Gasteiger partial charge is 0.395 e. The van der Waals surface area contributed by atoms with Gasteiger partial charge in [-0.2, -0.15) is 18.3 Å². The molecule has 0 fully saturated rings. The van der Waals surface area contributed by atoms with Crippen LogP contribution in [0.25, 0.3) is 11.3 Å². The average Bonchev–Trinajstić information content (AvgIpc) is 3.24. The molecule has 0 saturated heterocycles. The molecule has 3 aromatic rings. The summed E-state index contributed by atoms with van der Waals surface area (Å²) in [6.07, 6.45) is -1.37. The standard InChI is InChI=1S/C23H27F3N4O3S/c1-22(2,3)18(20(15-31)29-34(32,33)21-6-4-5-12-27-21)14-30-13-11-19(28-30)16-7-9-17(10-8-16)23(24,25)26/h4-13,18,20,29,31H,14-15H2,1-3H3/t18-,20?/m0/s1. The normalized spacial score (nSPS) is 14.7. The van der Waals surface area contributed by atoms with Gasteiger partial charge in [0.1, 0.15) is 0 Å². The number of aromatic nitrogens is 3. The van der Waals surface area contributed by atoms with Crippen LogP contribution in [0.15, 0.2) is 66.0 Å². The van der Waals surface area contributed by atoms with Gasteiger partial charge in [0, 0.05) is 30.4 Å². The van der Waals surface area contributed by atoms with Gasteiger partial charge in [0.05, 0.1) is 23.9 Å². The fraction of sp³-hybridized carbons (Fsp3) is 0.391. The van der Waals surface area contributed by atoms with Crippen molar-refractivity contribution in [3.8, 4) is 11.3 Å². The highest BCUT2D eigenvalue weighted by Gasteiger charge is 2.35. The lowest BCUT2D eigenvalue weighted by Gasteiger charge is -2.36. The largest absolute Gasteiger partial charge is 0.416 e. The Balaban J connectivity index is 1.82. The second-order valence-electron chi connectivity index (χ2n) is 9.05. The van der Waals surface area contributed by atoms with Gasteiger partial charge >= 0.3 is 6.18 Å². The monoisotopic (exact) mass is 496 g/mol. The van der Waals surface area contributed by atoms with Crippen molar-refractivity contribution in [1.82, 2.24) is 19.5 Å². The SMILES string of the molecule is CC(C)(C)[C@@H](Cn1ccc(-c2ccc(C(F)(F)F)cc2)n1)C(CO)NS(=O)(=O)c1ccccn1. The zero-order valence-corrected chi connectivity index (χ0v) is 19.8. The van der Waals surface area contributed by atoms with Gasteiger partial charge in [-0.15, -0.1) is 0 Å². The van der Waals surface area contributed by atoms with Crippen LogP contribution in [-0.2, 0) is 22.7 Å². The molecule has 34 heavy (non-hydrogen) atoms. The predicted octanol–water partition coefficient (Wildman–Crippen LogP) is 3.97. The van der Waals surface area contributed by atoms with Crippen molar-refractivity contribution in [1.29, 1.82) is 0 Å². The molecule has 2 atom stereocenters. The second kappa shape index (κ2) is 9.85. The van der Waals surface area contributed by atoms with Gasteiger partial charge < -0.3 is 5.11 Å². The fourth-order valence-corrected chi connectivity index (χ4v) is 4.88. The van der Waals surface area contributed by atoms with E-state index in [1.165, 1.54) is 24.4 Å². The Hall–Kier alpha value is -2.76. The van der Waals surface area contributed by atoms with Crippen molar-refractivity contribution in [2.45, 2.75) is 44.6 Å². The molecular formula is C23H27F3N4O3S. The molecule has 0 aliphatic heterocycles. The molecule has 1 unspecified atom stereocenters. The summed E-state index contributed by atoms with van der Waals surface area (Å²) >= 11 is 0. The van der Waals surface area contributed by atoms with Crippen LogP contribution < -0.4 is 4.72 Å². The van der Waals surface area contributed by atoms with Crippen LogP contribution in [0.3, 0.4) is 0 Å². The van der Waals surface area contributed by atoms with Crippen LogP contribution in [-0.4, -0.2) is 40.9 Å². The van der Waals surface area contributed by atoms with Crippen molar-refractivity contribution >= 4 is 10.0 Å². The summed E-state index contributed by atoms with van der Waals surface area (Å²) in [5.74, 6) is -0.378. The number of nitrogens with zero attached hydrogens (tertiary/aromatic N) is 3. The van der Waals surface area contributed by atoms with Crippen molar-refractivity contribution in [2.75, 3.05) is 6.61 Å². The number of pyridine rings is 1. The van der Waals surface area contributed by atoms with Gasteiger partial charge in [-0.25, -0.2) is 18.1 Å². The lowest BCUT2D eigenvalue weighted by Crippen LogP contribution is -2.49. The molecule has 2 aromatic heterocycles. The number of hydrogen-bond acceptors (Lipinski definition) is 5. The summed E-state index contributed by atoms with van der Waals surface area (Å²) in [6, 6.07) is 10.1. The first kappa shape index (κ1) is 25.9. The van der Waals surface area contributed by atoms with Crippen molar-refractivity contribution in [3.63, 3.8) is 0 Å². The molecule has 3 rings (SSSR count). The Morgan fingerprint density at radius 3 is 2.26 bits per heavy atom. The van der Waals surface area contributed by atoms with Crippen LogP contribution in [0.4, 0.5) is 13.2 Å². The van der Waals surface area contributed by atoms with Gasteiger partial charge in [0.25, 0.3) is 10.0 Å². The van der Waals surface area contributed by atoms with E-state index < -0.39 is 39.8 Å². The lowest BCUT2D eigenvalue weighted by atomic mass is 9.76. The number of aliphatic hydroxyl groups excluding tert-OH is 1. The van der Waals surface area contributed by atoms with E-state index in [1.54, 1.807) is 29.1 Å². The van der Waals surface area contributed by atoms with E-state index in [0.29, 0.717) is 11.3 Å². The van der Waals surface area contributed by atoms with Crippen LogP contribution in [0, 0.1) is 11.3 Å². The van der Waals surface area contributed by atoms with Gasteiger partial charge in [-0.1, -0.05) is 39.0 Å². The Morgan fingerprint density at radius 1 is 1.06 bits per heavy atom. The molecule has 184 valence electrons. The van der Waals surface area contributed by atoms with Gasteiger partial charge in [0.2, 0.25) is 0 Å². The molecule has 0 aliphatic rings. The summed E-state index contributed by atoms with van der Waals surface area (Å²) in [7, 11) is -3.97. The third kappa shape index (κ3) is 6.22. The zero-order valence-electron chi connectivity index (χ0n) is 19.0. The maximum Gasteiger partial charge on any atom is 0.416 e. The number of sulfonamides is 1. The molecule has 0 aliphatic carbocycles. The minimum atomic E-state index is -4.42. The van der Waals surface area contributed by atoms with E-state index in [1.807, 2.05) is 20.8 Å². The van der Waals surface area contributed by atoms with Gasteiger partial charge in [-0.3, -0.25) is 4.68 Å². The minimum Gasteiger partial charge on any atom is -0.395 e. The van der Waals surface area contributed by atoms with E-state index in [9.17, 15) is 26.7 Å². The molecular weight excluding hydrogens is 469 g/mol. The molecule has 2 N–H and O–H groups in total. The Morgan fingerprint density at radius 2 is 1.74 bits per heavy atom. The number of rotatable bonds is 8. The summed E-state index contributed by atoms with van der Waals surface area (Å²) < 4.78 is 68.2. The number of benzene rings is 1. The van der Waals surface area contributed by atoms with E-state index in [2.05, 4.69) is 14.8 Å². The minimum absolute atomic E-state index is 0.148. The average molecular weight is 497 g/mol. The highest BCUT2D eigenvalue weighted by atomic mass is 32.2. The first-order chi connectivity index (χ1) is 15.8. The Labute approximate surface area is 196 Å². The van der Waals surface area contributed by atoms with E-state index in [4.69, 9.17) is 0 Å². The maximum atomic E-state index is 12.8. The molecule has 7 nitrogen and oxygen atoms in total. The zero-order chi connectivity index (χ0) is 25.1. The molecule has 1 aromatic carbocycles. The topological polar surface area (TPSA) is 97.1 Å². The molecule has 0 spiro atoms. The van der Waals surface area contributed by atoms with Crippen LogP contribution in [0.5, 0.6) is 0 Å². The number of halogens is 3. The van der Waals surface area contributed by atoms with Crippen molar-refractivity contribution in [2.24, 2.45) is 11.3 Å². The first-order valence-corrected chi connectivity index (χ1v) is 12.0. The Bertz CT molecular complexity index is 1190. The van der Waals surface area contributed by atoms with Crippen molar-refractivity contribution < 1.29 is 26.7 Å². The first-order valence-electron chi connectivity index (χ1n) is 10.6.